The predicted molar refractivity (Wildman–Crippen MR) is 73.0 cm³/mol. The van der Waals surface area contributed by atoms with Gasteiger partial charge in [-0.1, -0.05) is 12.5 Å². The van der Waals surface area contributed by atoms with Crippen LogP contribution in [0.5, 0.6) is 0 Å². The number of carbonyl (C=O) groups excluding carboxylic acids is 1. The topological polar surface area (TPSA) is 75.3 Å². The molecule has 1 saturated carbocycles. The van der Waals surface area contributed by atoms with Crippen LogP contribution in [0.15, 0.2) is 23.1 Å². The molecule has 0 bridgehead atoms. The molecule has 3 rings (SSSR count). The van der Waals surface area contributed by atoms with E-state index >= 15 is 0 Å². The van der Waals surface area contributed by atoms with Crippen LogP contribution >= 0.6 is 0 Å². The van der Waals surface area contributed by atoms with E-state index in [-0.39, 0.29) is 16.2 Å². The first-order chi connectivity index (χ1) is 8.92. The molecule has 1 fully saturated rings. The number of rotatable bonds is 1. The van der Waals surface area contributed by atoms with Gasteiger partial charge in [-0.05, 0) is 25.0 Å². The first kappa shape index (κ1) is 12.5. The Kier molecular flexibility index (Phi) is 2.60. The second kappa shape index (κ2) is 3.96. The third-order valence-electron chi connectivity index (χ3n) is 4.07. The van der Waals surface area contributed by atoms with Gasteiger partial charge in [-0.25, -0.2) is 8.42 Å². The van der Waals surface area contributed by atoms with Crippen LogP contribution in [0.25, 0.3) is 0 Å². The number of benzene rings is 1. The zero-order valence-electron chi connectivity index (χ0n) is 10.7. The fourth-order valence-corrected chi connectivity index (χ4v) is 3.57. The van der Waals surface area contributed by atoms with Gasteiger partial charge in [0, 0.05) is 12.8 Å². The van der Waals surface area contributed by atoms with Crippen molar-refractivity contribution in [2.24, 2.45) is 5.41 Å². The van der Waals surface area contributed by atoms with Gasteiger partial charge in [-0.2, -0.15) is 0 Å². The van der Waals surface area contributed by atoms with E-state index in [2.05, 4.69) is 10.6 Å². The minimum Gasteiger partial charge on any atom is -0.382 e. The Balaban J connectivity index is 2.09. The van der Waals surface area contributed by atoms with Crippen molar-refractivity contribution < 1.29 is 13.2 Å². The van der Waals surface area contributed by atoms with Crippen molar-refractivity contribution in [2.45, 2.75) is 24.2 Å². The van der Waals surface area contributed by atoms with E-state index < -0.39 is 9.84 Å². The quantitative estimate of drug-likeness (QED) is 0.819. The summed E-state index contributed by atoms with van der Waals surface area (Å²) >= 11 is 0. The fraction of sp³-hybridized carbons (Fsp3) is 0.462. The Morgan fingerprint density at radius 2 is 2.00 bits per heavy atom. The summed E-state index contributed by atoms with van der Waals surface area (Å²) in [5.74, 6) is -0.0684. The van der Waals surface area contributed by atoms with Crippen LogP contribution in [0, 0.1) is 5.41 Å². The summed E-state index contributed by atoms with van der Waals surface area (Å²) in [6.45, 7) is 0.569. The van der Waals surface area contributed by atoms with E-state index in [9.17, 15) is 13.2 Å². The molecule has 1 aromatic rings. The number of anilines is 2. The number of fused-ring (bicyclic) bond motifs is 1. The van der Waals surface area contributed by atoms with Gasteiger partial charge in [0.15, 0.2) is 9.84 Å². The number of hydrogen-bond donors (Lipinski definition) is 2. The van der Waals surface area contributed by atoms with Crippen molar-refractivity contribution >= 4 is 27.1 Å². The van der Waals surface area contributed by atoms with Crippen LogP contribution in [0.2, 0.25) is 0 Å². The highest BCUT2D eigenvalue weighted by atomic mass is 32.2. The van der Waals surface area contributed by atoms with Gasteiger partial charge in [0.25, 0.3) is 0 Å². The molecular weight excluding hydrogens is 264 g/mol. The molecule has 6 heteroatoms. The summed E-state index contributed by atoms with van der Waals surface area (Å²) < 4.78 is 23.6. The number of sulfone groups is 1. The molecule has 102 valence electrons. The maximum Gasteiger partial charge on any atom is 0.232 e. The first-order valence-corrected chi connectivity index (χ1v) is 8.20. The summed E-state index contributed by atoms with van der Waals surface area (Å²) in [4.78, 5) is 12.5. The number of para-hydroxylation sites is 1. The Morgan fingerprint density at radius 3 is 2.58 bits per heavy atom. The molecule has 1 amide bonds. The average Bonchev–Trinajstić information content (AvgIpc) is 2.42. The lowest BCUT2D eigenvalue weighted by atomic mass is 9.68. The van der Waals surface area contributed by atoms with Crippen LogP contribution < -0.4 is 10.6 Å². The summed E-state index contributed by atoms with van der Waals surface area (Å²) in [6.07, 6.45) is 3.91. The van der Waals surface area contributed by atoms with Crippen molar-refractivity contribution in [3.05, 3.63) is 18.2 Å². The molecule has 0 radical (unpaired) electrons. The van der Waals surface area contributed by atoms with Crippen molar-refractivity contribution in [1.29, 1.82) is 0 Å². The molecule has 5 nitrogen and oxygen atoms in total. The van der Waals surface area contributed by atoms with E-state index in [0.29, 0.717) is 17.9 Å². The van der Waals surface area contributed by atoms with Gasteiger partial charge in [0.2, 0.25) is 5.91 Å². The minimum atomic E-state index is -3.36. The van der Waals surface area contributed by atoms with E-state index in [0.717, 1.165) is 25.5 Å². The summed E-state index contributed by atoms with van der Waals surface area (Å²) in [5.41, 5.74) is 0.701. The Morgan fingerprint density at radius 1 is 1.26 bits per heavy atom. The van der Waals surface area contributed by atoms with Gasteiger partial charge >= 0.3 is 0 Å². The predicted octanol–water partition coefficient (Wildman–Crippen LogP) is 1.62. The molecule has 2 aliphatic rings. The zero-order valence-corrected chi connectivity index (χ0v) is 11.5. The number of carbonyl (C=O) groups is 1. The lowest BCUT2D eigenvalue weighted by molar-refractivity contribution is -0.129. The average molecular weight is 280 g/mol. The third-order valence-corrected chi connectivity index (χ3v) is 5.21. The second-order valence-electron chi connectivity index (χ2n) is 5.39. The lowest BCUT2D eigenvalue weighted by Gasteiger charge is -2.38. The van der Waals surface area contributed by atoms with E-state index in [1.54, 1.807) is 12.1 Å². The van der Waals surface area contributed by atoms with Gasteiger partial charge in [0.05, 0.1) is 21.7 Å². The monoisotopic (exact) mass is 280 g/mol. The molecule has 1 heterocycles. The smallest absolute Gasteiger partial charge is 0.232 e. The van der Waals surface area contributed by atoms with Crippen molar-refractivity contribution in [3.63, 3.8) is 0 Å². The molecule has 0 saturated heterocycles. The molecule has 2 N–H and O–H groups in total. The molecule has 0 atom stereocenters. The summed E-state index contributed by atoms with van der Waals surface area (Å²) in [5, 5.41) is 6.02. The number of amides is 1. The highest BCUT2D eigenvalue weighted by molar-refractivity contribution is 7.90. The van der Waals surface area contributed by atoms with E-state index in [1.807, 2.05) is 0 Å². The third kappa shape index (κ3) is 1.90. The molecule has 1 spiro atoms. The zero-order chi connectivity index (χ0) is 13.7. The minimum absolute atomic E-state index is 0.0684. The maximum atomic E-state index is 12.3. The van der Waals surface area contributed by atoms with Crippen molar-refractivity contribution in [2.75, 3.05) is 23.4 Å². The number of hydrogen-bond acceptors (Lipinski definition) is 4. The normalized spacial score (nSPS) is 20.8. The van der Waals surface area contributed by atoms with Gasteiger partial charge in [0.1, 0.15) is 0 Å². The van der Waals surface area contributed by atoms with Crippen LogP contribution in [-0.2, 0) is 14.6 Å². The summed E-state index contributed by atoms with van der Waals surface area (Å²) in [6, 6.07) is 5.00. The summed E-state index contributed by atoms with van der Waals surface area (Å²) in [7, 11) is -3.36. The first-order valence-electron chi connectivity index (χ1n) is 6.31. The molecule has 0 unspecified atom stereocenters. The molecule has 1 aliphatic heterocycles. The van der Waals surface area contributed by atoms with Crippen LogP contribution in [0.4, 0.5) is 11.4 Å². The number of nitrogens with one attached hydrogen (secondary N) is 2. The van der Waals surface area contributed by atoms with E-state index in [1.165, 1.54) is 6.07 Å². The SMILES string of the molecule is CS(=O)(=O)c1cccc2c1NC(=O)C1(CCC1)CN2. The largest absolute Gasteiger partial charge is 0.382 e. The molecule has 0 aromatic heterocycles. The maximum absolute atomic E-state index is 12.3. The Bertz CT molecular complexity index is 648. The lowest BCUT2D eigenvalue weighted by Crippen LogP contribution is -2.45. The standard InChI is InChI=1S/C13H16N2O3S/c1-19(17,18)10-5-2-4-9-11(10)15-12(16)13(8-14-9)6-3-7-13/h2,4-5,14H,3,6-8H2,1H3,(H,15,16). The fourth-order valence-electron chi connectivity index (χ4n) is 2.71. The highest BCUT2D eigenvalue weighted by Crippen LogP contribution is 2.45. The second-order valence-corrected chi connectivity index (χ2v) is 7.38. The Labute approximate surface area is 112 Å². The van der Waals surface area contributed by atoms with E-state index in [4.69, 9.17) is 0 Å². The molecule has 19 heavy (non-hydrogen) atoms. The van der Waals surface area contributed by atoms with Gasteiger partial charge < -0.3 is 10.6 Å². The molecular formula is C13H16N2O3S. The van der Waals surface area contributed by atoms with Crippen LogP contribution in [0.1, 0.15) is 19.3 Å². The van der Waals surface area contributed by atoms with Crippen molar-refractivity contribution in [3.8, 4) is 0 Å². The molecule has 1 aliphatic carbocycles. The van der Waals surface area contributed by atoms with Gasteiger partial charge in [-0.15, -0.1) is 0 Å². The van der Waals surface area contributed by atoms with Crippen LogP contribution in [-0.4, -0.2) is 27.1 Å². The Hall–Kier alpha value is -1.56. The van der Waals surface area contributed by atoms with Crippen molar-refractivity contribution in [1.82, 2.24) is 0 Å². The van der Waals surface area contributed by atoms with Crippen LogP contribution in [0.3, 0.4) is 0 Å². The van der Waals surface area contributed by atoms with Gasteiger partial charge in [-0.3, -0.25) is 4.79 Å². The highest BCUT2D eigenvalue weighted by Gasteiger charge is 2.45. The molecule has 1 aromatic carbocycles.